The van der Waals surface area contributed by atoms with Crippen molar-refractivity contribution in [1.29, 1.82) is 0 Å². The highest BCUT2D eigenvalue weighted by molar-refractivity contribution is 5.18. The number of halogens is 2. The number of aliphatic hydroxyl groups excluding tert-OH is 1. The Hall–Kier alpha value is -0.480. The lowest BCUT2D eigenvalue weighted by atomic mass is 9.78. The maximum Gasteiger partial charge on any atom is 0.270 e. The number of hydrogen-bond donors (Lipinski definition) is 1. The highest BCUT2D eigenvalue weighted by atomic mass is 19.3. The van der Waals surface area contributed by atoms with Gasteiger partial charge in [0.2, 0.25) is 0 Å². The van der Waals surface area contributed by atoms with Gasteiger partial charge in [0.05, 0.1) is 6.61 Å². The van der Waals surface area contributed by atoms with Gasteiger partial charge in [0.1, 0.15) is 0 Å². The van der Waals surface area contributed by atoms with E-state index in [-0.39, 0.29) is 12.2 Å². The zero-order valence-electron chi connectivity index (χ0n) is 8.69. The van der Waals surface area contributed by atoms with Gasteiger partial charge in [-0.3, -0.25) is 0 Å². The van der Waals surface area contributed by atoms with Gasteiger partial charge in [0.25, 0.3) is 6.08 Å². The Morgan fingerprint density at radius 1 is 1.57 bits per heavy atom. The van der Waals surface area contributed by atoms with Crippen molar-refractivity contribution < 1.29 is 13.9 Å². The molecular formula is C10H17F2NO. The van der Waals surface area contributed by atoms with Crippen molar-refractivity contribution in [3.05, 3.63) is 11.7 Å². The summed E-state index contributed by atoms with van der Waals surface area (Å²) in [6.45, 7) is 5.51. The first-order valence-corrected chi connectivity index (χ1v) is 4.91. The molecule has 0 saturated carbocycles. The lowest BCUT2D eigenvalue weighted by Crippen LogP contribution is -2.45. The fourth-order valence-electron chi connectivity index (χ4n) is 1.98. The third kappa shape index (κ3) is 2.12. The van der Waals surface area contributed by atoms with Crippen molar-refractivity contribution in [2.24, 2.45) is 5.41 Å². The van der Waals surface area contributed by atoms with Crippen LogP contribution in [-0.4, -0.2) is 36.2 Å². The van der Waals surface area contributed by atoms with Crippen LogP contribution in [-0.2, 0) is 0 Å². The second-order valence-corrected chi connectivity index (χ2v) is 4.08. The minimum atomic E-state index is -1.61. The number of nitrogens with zero attached hydrogens (tertiary/aromatic N) is 1. The van der Waals surface area contributed by atoms with E-state index in [2.05, 4.69) is 4.90 Å². The average molecular weight is 205 g/mol. The lowest BCUT2D eigenvalue weighted by molar-refractivity contribution is 0.0861. The van der Waals surface area contributed by atoms with Crippen LogP contribution >= 0.6 is 0 Å². The molecule has 1 N–H and O–H groups in total. The van der Waals surface area contributed by atoms with Gasteiger partial charge in [-0.2, -0.15) is 8.78 Å². The van der Waals surface area contributed by atoms with Gasteiger partial charge in [-0.05, 0) is 13.0 Å². The number of hydrogen-bond acceptors (Lipinski definition) is 2. The van der Waals surface area contributed by atoms with Crippen molar-refractivity contribution in [2.45, 2.75) is 20.3 Å². The van der Waals surface area contributed by atoms with Crippen LogP contribution in [0.3, 0.4) is 0 Å². The molecule has 0 bridgehead atoms. The molecule has 1 atom stereocenters. The molecule has 1 rings (SSSR count). The summed E-state index contributed by atoms with van der Waals surface area (Å²) in [4.78, 5) is 2.09. The highest BCUT2D eigenvalue weighted by Crippen LogP contribution is 2.37. The second kappa shape index (κ2) is 4.36. The SMILES string of the molecule is CCN1CCC(=C(F)F)[C@](C)(CO)C1. The summed E-state index contributed by atoms with van der Waals surface area (Å²) < 4.78 is 25.2. The Bertz CT molecular complexity index is 238. The first-order chi connectivity index (χ1) is 6.53. The molecule has 14 heavy (non-hydrogen) atoms. The molecule has 1 aliphatic rings. The highest BCUT2D eigenvalue weighted by Gasteiger charge is 2.36. The second-order valence-electron chi connectivity index (χ2n) is 4.08. The van der Waals surface area contributed by atoms with Crippen LogP contribution in [0.5, 0.6) is 0 Å². The van der Waals surface area contributed by atoms with Gasteiger partial charge in [0, 0.05) is 24.1 Å². The number of likely N-dealkylation sites (tertiary alicyclic amines) is 1. The topological polar surface area (TPSA) is 23.5 Å². The van der Waals surface area contributed by atoms with E-state index < -0.39 is 11.5 Å². The Morgan fingerprint density at radius 3 is 2.64 bits per heavy atom. The van der Waals surface area contributed by atoms with Crippen LogP contribution in [0.2, 0.25) is 0 Å². The maximum absolute atomic E-state index is 12.6. The molecule has 0 amide bonds. The van der Waals surface area contributed by atoms with Crippen LogP contribution in [0, 0.1) is 5.41 Å². The fourth-order valence-corrected chi connectivity index (χ4v) is 1.98. The smallest absolute Gasteiger partial charge is 0.270 e. The molecule has 0 aromatic carbocycles. The van der Waals surface area contributed by atoms with Gasteiger partial charge < -0.3 is 10.0 Å². The molecular weight excluding hydrogens is 188 g/mol. The number of aliphatic hydroxyl groups is 1. The summed E-state index contributed by atoms with van der Waals surface area (Å²) in [7, 11) is 0. The summed E-state index contributed by atoms with van der Waals surface area (Å²) in [5.41, 5.74) is -0.627. The number of piperidine rings is 1. The van der Waals surface area contributed by atoms with Crippen LogP contribution in [0.15, 0.2) is 11.7 Å². The molecule has 1 aliphatic heterocycles. The van der Waals surface area contributed by atoms with E-state index in [1.54, 1.807) is 6.92 Å². The Kier molecular flexibility index (Phi) is 3.61. The zero-order chi connectivity index (χ0) is 10.8. The molecule has 4 heteroatoms. The lowest BCUT2D eigenvalue weighted by Gasteiger charge is -2.40. The molecule has 0 spiro atoms. The van der Waals surface area contributed by atoms with Gasteiger partial charge in [-0.1, -0.05) is 13.8 Å². The first kappa shape index (κ1) is 11.6. The van der Waals surface area contributed by atoms with Gasteiger partial charge in [-0.25, -0.2) is 0 Å². The van der Waals surface area contributed by atoms with Crippen LogP contribution in [0.4, 0.5) is 8.78 Å². The monoisotopic (exact) mass is 205 g/mol. The van der Waals surface area contributed by atoms with E-state index in [1.165, 1.54) is 0 Å². The van der Waals surface area contributed by atoms with E-state index in [4.69, 9.17) is 0 Å². The minimum absolute atomic E-state index is 0.129. The molecule has 0 aromatic heterocycles. The average Bonchev–Trinajstić information content (AvgIpc) is 2.17. The summed E-state index contributed by atoms with van der Waals surface area (Å²) in [6.07, 6.45) is -1.25. The first-order valence-electron chi connectivity index (χ1n) is 4.91. The van der Waals surface area contributed by atoms with E-state index in [9.17, 15) is 13.9 Å². The molecule has 2 nitrogen and oxygen atoms in total. The Balaban J connectivity index is 2.87. The van der Waals surface area contributed by atoms with Crippen LogP contribution < -0.4 is 0 Å². The predicted octanol–water partition coefficient (Wildman–Crippen LogP) is 1.86. The summed E-state index contributed by atoms with van der Waals surface area (Å²) in [6, 6.07) is 0. The van der Waals surface area contributed by atoms with Crippen molar-refractivity contribution in [3.63, 3.8) is 0 Å². The normalized spacial score (nSPS) is 29.4. The third-order valence-electron chi connectivity index (χ3n) is 3.00. The van der Waals surface area contributed by atoms with Gasteiger partial charge in [-0.15, -0.1) is 0 Å². The predicted molar refractivity (Wildman–Crippen MR) is 51.2 cm³/mol. The Labute approximate surface area is 83.2 Å². The number of rotatable bonds is 2. The van der Waals surface area contributed by atoms with Gasteiger partial charge in [0.15, 0.2) is 0 Å². The summed E-state index contributed by atoms with van der Waals surface area (Å²) >= 11 is 0. The van der Waals surface area contributed by atoms with Crippen molar-refractivity contribution in [3.8, 4) is 0 Å². The Morgan fingerprint density at radius 2 is 2.21 bits per heavy atom. The fraction of sp³-hybridized carbons (Fsp3) is 0.800. The molecule has 0 aromatic rings. The molecule has 1 heterocycles. The van der Waals surface area contributed by atoms with Crippen molar-refractivity contribution in [1.82, 2.24) is 4.90 Å². The van der Waals surface area contributed by atoms with E-state index in [1.807, 2.05) is 6.92 Å². The molecule has 0 radical (unpaired) electrons. The standard InChI is InChI=1S/C10H17F2NO/c1-3-13-5-4-8(9(11)12)10(2,6-13)7-14/h14H,3-7H2,1-2H3/t10-/m0/s1. The zero-order valence-corrected chi connectivity index (χ0v) is 8.69. The molecule has 82 valence electrons. The van der Waals surface area contributed by atoms with Gasteiger partial charge >= 0.3 is 0 Å². The van der Waals surface area contributed by atoms with Crippen LogP contribution in [0.1, 0.15) is 20.3 Å². The molecule has 1 fully saturated rings. The summed E-state index contributed by atoms with van der Waals surface area (Å²) in [5.74, 6) is 0. The van der Waals surface area contributed by atoms with Crippen LogP contribution in [0.25, 0.3) is 0 Å². The maximum atomic E-state index is 12.6. The third-order valence-corrected chi connectivity index (χ3v) is 3.00. The molecule has 0 unspecified atom stereocenters. The van der Waals surface area contributed by atoms with Crippen molar-refractivity contribution in [2.75, 3.05) is 26.2 Å². The molecule has 0 aliphatic carbocycles. The molecule has 1 saturated heterocycles. The quantitative estimate of drug-likeness (QED) is 0.743. The van der Waals surface area contributed by atoms with E-state index in [0.717, 1.165) is 6.54 Å². The summed E-state index contributed by atoms with van der Waals surface area (Å²) in [5, 5.41) is 9.19. The van der Waals surface area contributed by atoms with E-state index in [0.29, 0.717) is 19.5 Å². The van der Waals surface area contributed by atoms with Crippen molar-refractivity contribution >= 4 is 0 Å². The largest absolute Gasteiger partial charge is 0.395 e. The minimum Gasteiger partial charge on any atom is -0.395 e. The van der Waals surface area contributed by atoms with E-state index >= 15 is 0 Å².